The van der Waals surface area contributed by atoms with Crippen LogP contribution in [-0.4, -0.2) is 43.1 Å². The number of rotatable bonds is 40. The van der Waals surface area contributed by atoms with E-state index in [9.17, 15) is 0 Å². The second-order valence-corrected chi connectivity index (χ2v) is 24.0. The van der Waals surface area contributed by atoms with E-state index >= 15 is 0 Å². The molecular weight excluding hydrogens is 1080 g/mol. The average molecular weight is 1170 g/mol. The van der Waals surface area contributed by atoms with Gasteiger partial charge in [0.2, 0.25) is 0 Å². The maximum Gasteiger partial charge on any atom is 0.128 e. The van der Waals surface area contributed by atoms with Gasteiger partial charge in [-0.2, -0.15) is 0 Å². The van der Waals surface area contributed by atoms with Crippen molar-refractivity contribution in [3.8, 4) is 102 Å². The zero-order chi connectivity index (χ0) is 60.5. The molecule has 0 aliphatic heterocycles. The molecule has 0 N–H and O–H groups in total. The Bertz CT molecular complexity index is 3030. The molecule has 0 bridgehead atoms. The van der Waals surface area contributed by atoms with Crippen LogP contribution in [0.3, 0.4) is 0 Å². The van der Waals surface area contributed by atoms with Gasteiger partial charge < -0.3 is 9.47 Å². The van der Waals surface area contributed by atoms with Gasteiger partial charge in [0, 0.05) is 35.9 Å². The molecule has 0 saturated heterocycles. The largest absolute Gasteiger partial charge is 0.493 e. The van der Waals surface area contributed by atoms with Crippen molar-refractivity contribution in [2.75, 3.05) is 13.2 Å². The minimum atomic E-state index is 0.642. The fraction of sp³-hybridized carbons (Fsp3) is 0.400. The third-order valence-electron chi connectivity index (χ3n) is 17.0. The SMILES string of the molecule is CCCCCCCCCCCCCCCCOc1cc(-c2ccc(-c3cc(-c4ccccn4)nc(-c4ccccn4)c3)cc2)c(OCCCCCCCCCCCCCCCC)cc1-c1ccc(-c2cc(-c3ccccn3)nc(-c3ccccn3)c2)cc1. The van der Waals surface area contributed by atoms with E-state index in [4.69, 9.17) is 19.4 Å². The van der Waals surface area contributed by atoms with Gasteiger partial charge in [0.1, 0.15) is 11.5 Å². The molecule has 6 heterocycles. The molecule has 8 heteroatoms. The monoisotopic (exact) mass is 1170 g/mol. The molecule has 88 heavy (non-hydrogen) atoms. The predicted octanol–water partition coefficient (Wildman–Crippen LogP) is 23.1. The Hall–Kier alpha value is -7.84. The molecule has 0 fully saturated rings. The number of aromatic nitrogens is 6. The summed E-state index contributed by atoms with van der Waals surface area (Å²) >= 11 is 0. The van der Waals surface area contributed by atoms with Gasteiger partial charge in [-0.3, -0.25) is 19.9 Å². The van der Waals surface area contributed by atoms with E-state index in [0.717, 1.165) is 127 Å². The van der Waals surface area contributed by atoms with E-state index < -0.39 is 0 Å². The first-order valence-electron chi connectivity index (χ1n) is 34.0. The van der Waals surface area contributed by atoms with Gasteiger partial charge in [-0.05, 0) is 131 Å². The van der Waals surface area contributed by atoms with Crippen LogP contribution in [0.4, 0.5) is 0 Å². The number of hydrogen-bond acceptors (Lipinski definition) is 8. The zero-order valence-electron chi connectivity index (χ0n) is 53.0. The smallest absolute Gasteiger partial charge is 0.128 e. The van der Waals surface area contributed by atoms with Crippen LogP contribution < -0.4 is 9.47 Å². The summed E-state index contributed by atoms with van der Waals surface area (Å²) in [5, 5.41) is 0. The van der Waals surface area contributed by atoms with Gasteiger partial charge in [0.25, 0.3) is 0 Å². The lowest BCUT2D eigenvalue weighted by molar-refractivity contribution is 0.298. The highest BCUT2D eigenvalue weighted by Gasteiger charge is 2.19. The standard InChI is InChI=1S/C80H96N6O2/c1-3-5-7-9-11-13-15-17-19-21-23-25-27-37-55-87-79-61-70(66-49-45-64(46-50-66)68-59-77(73-41-31-35-53-83-73)86-78(60-68)74-42-32-36-54-84-74)80(88-56-38-28-26-24-22-20-18-16-14-12-10-8-6-4-2)62-69(79)65-47-43-63(44-48-65)67-57-75(71-39-29-33-51-81-71)85-76(58-67)72-40-30-34-52-82-72/h29-36,39-54,57-62H,3-28,37-38,55-56H2,1-2H3. The third kappa shape index (κ3) is 20.6. The molecule has 3 aromatic carbocycles. The molecular formula is C80H96N6O2. The fourth-order valence-electron chi connectivity index (χ4n) is 11.9. The van der Waals surface area contributed by atoms with E-state index in [1.807, 2.05) is 97.6 Å². The Kier molecular flexibility index (Phi) is 27.3. The molecule has 0 spiro atoms. The molecule has 9 rings (SSSR count). The summed E-state index contributed by atoms with van der Waals surface area (Å²) in [6.07, 6.45) is 44.1. The second-order valence-electron chi connectivity index (χ2n) is 24.0. The molecule has 0 radical (unpaired) electrons. The topological polar surface area (TPSA) is 95.8 Å². The number of unbranched alkanes of at least 4 members (excludes halogenated alkanes) is 26. The fourth-order valence-corrected chi connectivity index (χ4v) is 11.9. The summed E-state index contributed by atoms with van der Waals surface area (Å²) < 4.78 is 14.0. The molecule has 0 saturated carbocycles. The first-order chi connectivity index (χ1) is 43.6. The highest BCUT2D eigenvalue weighted by molar-refractivity contribution is 5.84. The van der Waals surface area contributed by atoms with Crippen LogP contribution in [0.2, 0.25) is 0 Å². The second kappa shape index (κ2) is 37.1. The molecule has 458 valence electrons. The average Bonchev–Trinajstić information content (AvgIpc) is 2.48. The highest BCUT2D eigenvalue weighted by atomic mass is 16.5. The van der Waals surface area contributed by atoms with Crippen LogP contribution in [0.5, 0.6) is 11.5 Å². The Morgan fingerprint density at radius 2 is 0.489 bits per heavy atom. The van der Waals surface area contributed by atoms with Crippen molar-refractivity contribution in [3.05, 3.63) is 183 Å². The maximum absolute atomic E-state index is 7.00. The van der Waals surface area contributed by atoms with E-state index in [2.05, 4.69) is 119 Å². The van der Waals surface area contributed by atoms with Crippen LogP contribution >= 0.6 is 0 Å². The van der Waals surface area contributed by atoms with Gasteiger partial charge in [-0.25, -0.2) is 9.97 Å². The lowest BCUT2D eigenvalue weighted by atomic mass is 9.94. The summed E-state index contributed by atoms with van der Waals surface area (Å²) in [5.41, 5.74) is 14.9. The van der Waals surface area contributed by atoms with Crippen molar-refractivity contribution >= 4 is 0 Å². The Labute approximate surface area is 527 Å². The molecule has 9 aromatic rings. The van der Waals surface area contributed by atoms with Crippen LogP contribution in [0.15, 0.2) is 183 Å². The summed E-state index contributed by atoms with van der Waals surface area (Å²) in [5.74, 6) is 1.72. The van der Waals surface area contributed by atoms with Crippen molar-refractivity contribution in [1.82, 2.24) is 29.9 Å². The van der Waals surface area contributed by atoms with Crippen LogP contribution in [0.25, 0.3) is 90.1 Å². The summed E-state index contributed by atoms with van der Waals surface area (Å²) in [6, 6.07) is 54.6. The summed E-state index contributed by atoms with van der Waals surface area (Å²) in [4.78, 5) is 28.8. The molecule has 0 atom stereocenters. The number of pyridine rings is 6. The highest BCUT2D eigenvalue weighted by Crippen LogP contribution is 2.43. The van der Waals surface area contributed by atoms with Gasteiger partial charge in [-0.15, -0.1) is 0 Å². The lowest BCUT2D eigenvalue weighted by Gasteiger charge is -2.19. The number of hydrogen-bond donors (Lipinski definition) is 0. The van der Waals surface area contributed by atoms with Crippen molar-refractivity contribution in [2.24, 2.45) is 0 Å². The summed E-state index contributed by atoms with van der Waals surface area (Å²) in [6.45, 7) is 5.88. The molecule has 0 amide bonds. The molecule has 8 nitrogen and oxygen atoms in total. The van der Waals surface area contributed by atoms with E-state index in [-0.39, 0.29) is 0 Å². The lowest BCUT2D eigenvalue weighted by Crippen LogP contribution is -2.03. The van der Waals surface area contributed by atoms with E-state index in [1.54, 1.807) is 0 Å². The van der Waals surface area contributed by atoms with Crippen LogP contribution in [0.1, 0.15) is 194 Å². The van der Waals surface area contributed by atoms with Crippen molar-refractivity contribution in [2.45, 2.75) is 194 Å². The molecule has 0 aliphatic carbocycles. The van der Waals surface area contributed by atoms with Gasteiger partial charge in [0.15, 0.2) is 0 Å². The van der Waals surface area contributed by atoms with Crippen LogP contribution in [0, 0.1) is 0 Å². The third-order valence-corrected chi connectivity index (χ3v) is 17.0. The zero-order valence-corrected chi connectivity index (χ0v) is 53.0. The molecule has 0 aliphatic rings. The number of ether oxygens (including phenoxy) is 2. The van der Waals surface area contributed by atoms with Gasteiger partial charge >= 0.3 is 0 Å². The maximum atomic E-state index is 7.00. The Morgan fingerprint density at radius 3 is 0.739 bits per heavy atom. The Morgan fingerprint density at radius 1 is 0.239 bits per heavy atom. The van der Waals surface area contributed by atoms with Crippen molar-refractivity contribution in [1.29, 1.82) is 0 Å². The van der Waals surface area contributed by atoms with Crippen molar-refractivity contribution in [3.63, 3.8) is 0 Å². The minimum Gasteiger partial charge on any atom is -0.493 e. The van der Waals surface area contributed by atoms with E-state index in [0.29, 0.717) is 13.2 Å². The first kappa shape index (κ1) is 64.6. The Balaban J connectivity index is 0.974. The van der Waals surface area contributed by atoms with E-state index in [1.165, 1.54) is 154 Å². The number of nitrogens with zero attached hydrogens (tertiary/aromatic N) is 6. The first-order valence-corrected chi connectivity index (χ1v) is 34.0. The predicted molar refractivity (Wildman–Crippen MR) is 368 cm³/mol. The quantitative estimate of drug-likeness (QED) is 0.0351. The van der Waals surface area contributed by atoms with Crippen LogP contribution in [-0.2, 0) is 0 Å². The van der Waals surface area contributed by atoms with Crippen molar-refractivity contribution < 1.29 is 9.47 Å². The molecule has 6 aromatic heterocycles. The molecule has 0 unspecified atom stereocenters. The van der Waals surface area contributed by atoms with Gasteiger partial charge in [-0.1, -0.05) is 254 Å². The van der Waals surface area contributed by atoms with Gasteiger partial charge in [0.05, 0.1) is 58.8 Å². The normalized spacial score (nSPS) is 11.3. The number of benzene rings is 3. The minimum absolute atomic E-state index is 0.642. The summed E-state index contributed by atoms with van der Waals surface area (Å²) in [7, 11) is 0.